The van der Waals surface area contributed by atoms with E-state index in [-0.39, 0.29) is 0 Å². The second-order valence-corrected chi connectivity index (χ2v) is 4.20. The molecule has 1 N–H and O–H groups in total. The second kappa shape index (κ2) is 5.22. The molecule has 0 radical (unpaired) electrons. The third-order valence-corrected chi connectivity index (χ3v) is 2.96. The lowest BCUT2D eigenvalue weighted by atomic mass is 10.1. The molecule has 5 heteroatoms. The summed E-state index contributed by atoms with van der Waals surface area (Å²) in [5.41, 5.74) is 2.72. The summed E-state index contributed by atoms with van der Waals surface area (Å²) in [6.07, 6.45) is 0. The molecule has 102 valence electrons. The molecule has 5 nitrogen and oxygen atoms in total. The minimum atomic E-state index is 0.632. The third kappa shape index (κ3) is 2.36. The van der Waals surface area contributed by atoms with Crippen LogP contribution in [0.1, 0.15) is 11.5 Å². The highest BCUT2D eigenvalue weighted by molar-refractivity contribution is 5.73. The van der Waals surface area contributed by atoms with Crippen LogP contribution in [0.4, 0.5) is 0 Å². The Labute approximate surface area is 112 Å². The summed E-state index contributed by atoms with van der Waals surface area (Å²) in [6, 6.07) is 3.68. The highest BCUT2D eigenvalue weighted by atomic mass is 16.5. The molecule has 1 aromatic heterocycles. The molecule has 0 fully saturated rings. The molecule has 0 saturated carbocycles. The number of benzene rings is 1. The smallest absolute Gasteiger partial charge is 0.164 e. The van der Waals surface area contributed by atoms with Crippen molar-refractivity contribution in [3.63, 3.8) is 0 Å². The standard InChI is InChI=1S/C14H18N2O3/c1-8-14(16-9(2)15-8)10-6-12(18-4)13(19-5)7-11(10)17-3/h6-7H,1-5H3,(H,15,16). The predicted molar refractivity (Wildman–Crippen MR) is 73.2 cm³/mol. The van der Waals surface area contributed by atoms with Gasteiger partial charge in [0.2, 0.25) is 0 Å². The molecule has 0 aliphatic carbocycles. The highest BCUT2D eigenvalue weighted by Gasteiger charge is 2.17. The van der Waals surface area contributed by atoms with Crippen molar-refractivity contribution in [2.75, 3.05) is 21.3 Å². The van der Waals surface area contributed by atoms with E-state index in [2.05, 4.69) is 9.97 Å². The maximum atomic E-state index is 5.42. The van der Waals surface area contributed by atoms with Crippen molar-refractivity contribution in [3.8, 4) is 28.5 Å². The number of aryl methyl sites for hydroxylation is 2. The molecule has 0 aliphatic rings. The number of rotatable bonds is 4. The molecular weight excluding hydrogens is 244 g/mol. The number of methoxy groups -OCH3 is 3. The fourth-order valence-corrected chi connectivity index (χ4v) is 2.09. The van der Waals surface area contributed by atoms with Gasteiger partial charge in [0.05, 0.1) is 27.0 Å². The van der Waals surface area contributed by atoms with Crippen molar-refractivity contribution in [1.29, 1.82) is 0 Å². The van der Waals surface area contributed by atoms with Gasteiger partial charge in [-0.05, 0) is 19.9 Å². The van der Waals surface area contributed by atoms with Crippen LogP contribution < -0.4 is 14.2 Å². The molecule has 0 aliphatic heterocycles. The van der Waals surface area contributed by atoms with Crippen molar-refractivity contribution in [1.82, 2.24) is 9.97 Å². The lowest BCUT2D eigenvalue weighted by Crippen LogP contribution is -1.95. The summed E-state index contributed by atoms with van der Waals surface area (Å²) in [6.45, 7) is 3.90. The zero-order valence-electron chi connectivity index (χ0n) is 11.8. The van der Waals surface area contributed by atoms with E-state index >= 15 is 0 Å². The van der Waals surface area contributed by atoms with Gasteiger partial charge in [-0.15, -0.1) is 0 Å². The number of H-pyrrole nitrogens is 1. The van der Waals surface area contributed by atoms with E-state index in [1.807, 2.05) is 19.9 Å². The van der Waals surface area contributed by atoms with Crippen LogP contribution in [0.5, 0.6) is 17.2 Å². The van der Waals surface area contributed by atoms with Crippen LogP contribution in [0, 0.1) is 13.8 Å². The van der Waals surface area contributed by atoms with Crippen LogP contribution in [0.25, 0.3) is 11.3 Å². The van der Waals surface area contributed by atoms with E-state index in [4.69, 9.17) is 14.2 Å². The topological polar surface area (TPSA) is 56.4 Å². The zero-order valence-corrected chi connectivity index (χ0v) is 11.8. The second-order valence-electron chi connectivity index (χ2n) is 4.20. The fraction of sp³-hybridized carbons (Fsp3) is 0.357. The van der Waals surface area contributed by atoms with E-state index in [0.717, 1.165) is 22.8 Å². The molecule has 0 amide bonds. The van der Waals surface area contributed by atoms with E-state index < -0.39 is 0 Å². The molecule has 1 aromatic carbocycles. The summed E-state index contributed by atoms with van der Waals surface area (Å²) in [5.74, 6) is 2.85. The molecule has 0 atom stereocenters. The first-order chi connectivity index (χ1) is 9.10. The quantitative estimate of drug-likeness (QED) is 0.920. The summed E-state index contributed by atoms with van der Waals surface area (Å²) in [4.78, 5) is 7.67. The number of hydrogen-bond acceptors (Lipinski definition) is 4. The first kappa shape index (κ1) is 13.3. The van der Waals surface area contributed by atoms with Gasteiger partial charge < -0.3 is 19.2 Å². The van der Waals surface area contributed by atoms with Crippen molar-refractivity contribution < 1.29 is 14.2 Å². The Hall–Kier alpha value is -2.17. The van der Waals surface area contributed by atoms with Gasteiger partial charge in [-0.25, -0.2) is 4.98 Å². The minimum absolute atomic E-state index is 0.632. The van der Waals surface area contributed by atoms with E-state index in [0.29, 0.717) is 17.2 Å². The molecule has 2 rings (SSSR count). The van der Waals surface area contributed by atoms with Crippen molar-refractivity contribution >= 4 is 0 Å². The average Bonchev–Trinajstić information content (AvgIpc) is 2.75. The predicted octanol–water partition coefficient (Wildman–Crippen LogP) is 2.72. The lowest BCUT2D eigenvalue weighted by molar-refractivity contribution is 0.349. The Kier molecular flexibility index (Phi) is 3.64. The van der Waals surface area contributed by atoms with Crippen LogP contribution in [0.2, 0.25) is 0 Å². The van der Waals surface area contributed by atoms with Gasteiger partial charge in [0.1, 0.15) is 11.6 Å². The molecular formula is C14H18N2O3. The van der Waals surface area contributed by atoms with Gasteiger partial charge in [0, 0.05) is 17.3 Å². The molecule has 2 aromatic rings. The third-order valence-electron chi connectivity index (χ3n) is 2.96. The Bertz CT molecular complexity index is 591. The van der Waals surface area contributed by atoms with Gasteiger partial charge >= 0.3 is 0 Å². The minimum Gasteiger partial charge on any atom is -0.496 e. The maximum Gasteiger partial charge on any atom is 0.164 e. The highest BCUT2D eigenvalue weighted by Crippen LogP contribution is 2.40. The number of nitrogens with one attached hydrogen (secondary N) is 1. The number of aromatic amines is 1. The largest absolute Gasteiger partial charge is 0.496 e. The Morgan fingerprint density at radius 1 is 0.895 bits per heavy atom. The van der Waals surface area contributed by atoms with Crippen LogP contribution in [0.15, 0.2) is 12.1 Å². The number of hydrogen-bond donors (Lipinski definition) is 1. The number of aromatic nitrogens is 2. The van der Waals surface area contributed by atoms with Gasteiger partial charge in [-0.1, -0.05) is 0 Å². The van der Waals surface area contributed by atoms with Gasteiger partial charge in [-0.3, -0.25) is 0 Å². The van der Waals surface area contributed by atoms with Crippen molar-refractivity contribution in [2.45, 2.75) is 13.8 Å². The zero-order chi connectivity index (χ0) is 14.0. The molecule has 19 heavy (non-hydrogen) atoms. The first-order valence-electron chi connectivity index (χ1n) is 5.94. The van der Waals surface area contributed by atoms with E-state index in [1.54, 1.807) is 27.4 Å². The molecule has 0 unspecified atom stereocenters. The number of imidazole rings is 1. The Morgan fingerprint density at radius 3 is 1.95 bits per heavy atom. The van der Waals surface area contributed by atoms with E-state index in [1.165, 1.54) is 0 Å². The number of ether oxygens (including phenoxy) is 3. The van der Waals surface area contributed by atoms with Crippen LogP contribution in [-0.2, 0) is 0 Å². The molecule has 1 heterocycles. The summed E-state index contributed by atoms with van der Waals surface area (Å²) < 4.78 is 16.0. The normalized spacial score (nSPS) is 10.4. The first-order valence-corrected chi connectivity index (χ1v) is 5.94. The van der Waals surface area contributed by atoms with Gasteiger partial charge in [0.15, 0.2) is 11.5 Å². The Morgan fingerprint density at radius 2 is 1.47 bits per heavy atom. The molecule has 0 saturated heterocycles. The lowest BCUT2D eigenvalue weighted by Gasteiger charge is -2.13. The maximum absolute atomic E-state index is 5.42. The van der Waals surface area contributed by atoms with Crippen LogP contribution in [-0.4, -0.2) is 31.3 Å². The monoisotopic (exact) mass is 262 g/mol. The summed E-state index contributed by atoms with van der Waals surface area (Å²) in [5, 5.41) is 0. The summed E-state index contributed by atoms with van der Waals surface area (Å²) in [7, 11) is 4.83. The van der Waals surface area contributed by atoms with E-state index in [9.17, 15) is 0 Å². The summed E-state index contributed by atoms with van der Waals surface area (Å²) >= 11 is 0. The van der Waals surface area contributed by atoms with Crippen molar-refractivity contribution in [2.24, 2.45) is 0 Å². The fourth-order valence-electron chi connectivity index (χ4n) is 2.09. The van der Waals surface area contributed by atoms with Crippen LogP contribution in [0.3, 0.4) is 0 Å². The SMILES string of the molecule is COc1cc(OC)c(-c2nc(C)[nH]c2C)cc1OC. The molecule has 0 bridgehead atoms. The van der Waals surface area contributed by atoms with Gasteiger partial charge in [-0.2, -0.15) is 0 Å². The average molecular weight is 262 g/mol. The van der Waals surface area contributed by atoms with Crippen molar-refractivity contribution in [3.05, 3.63) is 23.7 Å². The van der Waals surface area contributed by atoms with Gasteiger partial charge in [0.25, 0.3) is 0 Å². The van der Waals surface area contributed by atoms with Crippen LogP contribution >= 0.6 is 0 Å². The number of nitrogens with zero attached hydrogens (tertiary/aromatic N) is 1. The molecule has 0 spiro atoms. The Balaban J connectivity index is 2.64.